The molecule has 0 atom stereocenters. The highest BCUT2D eigenvalue weighted by Crippen LogP contribution is 2.33. The number of aryl methyl sites for hydroxylation is 2. The molecule has 2 aromatic heterocycles. The van der Waals surface area contributed by atoms with Crippen molar-refractivity contribution in [1.29, 1.82) is 10.5 Å². The van der Waals surface area contributed by atoms with E-state index >= 15 is 0 Å². The van der Waals surface area contributed by atoms with E-state index in [1.54, 1.807) is 42.8 Å². The minimum absolute atomic E-state index is 0.404. The van der Waals surface area contributed by atoms with Crippen LogP contribution in [0.1, 0.15) is 22.3 Å². The van der Waals surface area contributed by atoms with E-state index < -0.39 is 0 Å². The number of nitrogens with one attached hydrogen (secondary N) is 2. The summed E-state index contributed by atoms with van der Waals surface area (Å²) in [6.07, 6.45) is 6.55. The molecule has 7 heteroatoms. The quantitative estimate of drug-likeness (QED) is 0.346. The Bertz CT molecular complexity index is 1370. The van der Waals surface area contributed by atoms with Gasteiger partial charge in [0.2, 0.25) is 5.95 Å². The van der Waals surface area contributed by atoms with E-state index in [4.69, 9.17) is 19.9 Å². The van der Waals surface area contributed by atoms with E-state index in [2.05, 4.69) is 21.7 Å². The summed E-state index contributed by atoms with van der Waals surface area (Å²) in [4.78, 5) is 9.14. The van der Waals surface area contributed by atoms with Crippen LogP contribution in [0, 0.1) is 36.5 Å². The predicted octanol–water partition coefficient (Wildman–Crippen LogP) is 6.25. The zero-order valence-electron chi connectivity index (χ0n) is 18.1. The molecular weight excluding hydrogens is 412 g/mol. The molecule has 0 aliphatic rings. The summed E-state index contributed by atoms with van der Waals surface area (Å²) < 4.78 is 5.59. The summed E-state index contributed by atoms with van der Waals surface area (Å²) in [6, 6.07) is 18.9. The Balaban J connectivity index is 1.71. The fourth-order valence-electron chi connectivity index (χ4n) is 3.45. The van der Waals surface area contributed by atoms with Gasteiger partial charge in [0.15, 0.2) is 0 Å². The molecule has 0 saturated carbocycles. The highest BCUT2D eigenvalue weighted by Gasteiger charge is 2.15. The van der Waals surface area contributed by atoms with Crippen LogP contribution in [0.5, 0.6) is 0 Å². The third kappa shape index (κ3) is 4.90. The largest absolute Gasteiger partial charge is 0.464 e. The van der Waals surface area contributed by atoms with Crippen molar-refractivity contribution in [3.05, 3.63) is 89.3 Å². The molecule has 0 saturated heterocycles. The minimum atomic E-state index is 0.404. The van der Waals surface area contributed by atoms with Gasteiger partial charge < -0.3 is 15.1 Å². The van der Waals surface area contributed by atoms with Gasteiger partial charge >= 0.3 is 0 Å². The van der Waals surface area contributed by atoms with Crippen molar-refractivity contribution in [1.82, 2.24) is 9.97 Å². The molecule has 2 aromatic carbocycles. The molecule has 0 fully saturated rings. The molecule has 0 unspecified atom stereocenters. The van der Waals surface area contributed by atoms with Crippen LogP contribution in [0.4, 0.5) is 23.1 Å². The maximum Gasteiger partial charge on any atom is 0.229 e. The van der Waals surface area contributed by atoms with E-state index in [0.717, 1.165) is 33.6 Å². The molecule has 4 rings (SSSR count). The Morgan fingerprint density at radius 3 is 2.39 bits per heavy atom. The number of hydrogen-bond acceptors (Lipinski definition) is 7. The Kier molecular flexibility index (Phi) is 6.15. The van der Waals surface area contributed by atoms with Crippen LogP contribution in [0.2, 0.25) is 0 Å². The monoisotopic (exact) mass is 432 g/mol. The fraction of sp³-hybridized carbons (Fsp3) is 0.0769. The molecule has 0 bridgehead atoms. The molecule has 0 aliphatic heterocycles. The van der Waals surface area contributed by atoms with Crippen LogP contribution in [-0.2, 0) is 0 Å². The number of hydrogen-bond donors (Lipinski definition) is 2. The van der Waals surface area contributed by atoms with E-state index in [-0.39, 0.29) is 0 Å². The number of anilines is 4. The second kappa shape index (κ2) is 9.51. The molecule has 4 aromatic rings. The minimum Gasteiger partial charge on any atom is -0.464 e. The molecular formula is C26H20N6O. The van der Waals surface area contributed by atoms with Crippen LogP contribution in [0.3, 0.4) is 0 Å². The summed E-state index contributed by atoms with van der Waals surface area (Å²) in [7, 11) is 0. The van der Waals surface area contributed by atoms with Gasteiger partial charge in [-0.05, 0) is 85.1 Å². The summed E-state index contributed by atoms with van der Waals surface area (Å²) in [5.74, 6) is 1.63. The van der Waals surface area contributed by atoms with Gasteiger partial charge in [0.1, 0.15) is 11.6 Å². The lowest BCUT2D eigenvalue weighted by Crippen LogP contribution is -2.04. The molecule has 2 N–H and O–H groups in total. The Morgan fingerprint density at radius 1 is 1.00 bits per heavy atom. The summed E-state index contributed by atoms with van der Waals surface area (Å²) in [5.41, 5.74) is 5.96. The molecule has 160 valence electrons. The first-order valence-electron chi connectivity index (χ1n) is 10.2. The number of aromatic nitrogens is 2. The van der Waals surface area contributed by atoms with E-state index in [9.17, 15) is 0 Å². The van der Waals surface area contributed by atoms with Crippen LogP contribution >= 0.6 is 0 Å². The lowest BCUT2D eigenvalue weighted by Gasteiger charge is -2.16. The van der Waals surface area contributed by atoms with Gasteiger partial charge in [0.25, 0.3) is 0 Å². The number of furan rings is 1. The number of rotatable bonds is 6. The van der Waals surface area contributed by atoms with E-state index in [1.807, 2.05) is 44.2 Å². The van der Waals surface area contributed by atoms with Gasteiger partial charge in [0.05, 0.1) is 29.5 Å². The van der Waals surface area contributed by atoms with Crippen molar-refractivity contribution < 1.29 is 4.42 Å². The van der Waals surface area contributed by atoms with Crippen molar-refractivity contribution in [3.8, 4) is 23.5 Å². The van der Waals surface area contributed by atoms with Gasteiger partial charge in [-0.15, -0.1) is 0 Å². The van der Waals surface area contributed by atoms with Gasteiger partial charge in [-0.3, -0.25) is 0 Å². The molecule has 2 heterocycles. The number of nitrogens with zero attached hydrogens (tertiary/aromatic N) is 4. The summed E-state index contributed by atoms with van der Waals surface area (Å²) in [6.45, 7) is 4.01. The van der Waals surface area contributed by atoms with Gasteiger partial charge in [0, 0.05) is 23.6 Å². The van der Waals surface area contributed by atoms with Crippen molar-refractivity contribution in [2.45, 2.75) is 13.8 Å². The molecule has 33 heavy (non-hydrogen) atoms. The second-order valence-electron chi connectivity index (χ2n) is 7.36. The van der Waals surface area contributed by atoms with Crippen LogP contribution < -0.4 is 10.6 Å². The third-order valence-electron chi connectivity index (χ3n) is 4.99. The Morgan fingerprint density at radius 2 is 1.76 bits per heavy atom. The van der Waals surface area contributed by atoms with E-state index in [0.29, 0.717) is 23.1 Å². The maximum absolute atomic E-state index is 8.99. The predicted molar refractivity (Wildman–Crippen MR) is 128 cm³/mol. The van der Waals surface area contributed by atoms with E-state index in [1.165, 1.54) is 6.08 Å². The molecule has 7 nitrogen and oxygen atoms in total. The highest BCUT2D eigenvalue weighted by atomic mass is 16.3. The average molecular weight is 432 g/mol. The first kappa shape index (κ1) is 21.4. The maximum atomic E-state index is 8.99. The lowest BCUT2D eigenvalue weighted by atomic mass is 10.0. The molecule has 0 amide bonds. The standard InChI is InChI=1S/C26H20N6O/c1-17-13-20(5-3-11-27)14-18(2)24(17)31-25-22(23-6-4-12-33-23)16-29-26(32-25)30-21-9-7-19(15-28)8-10-21/h3-10,12-14,16H,1-2H3,(H2,29,30,31,32). The Hall–Kier alpha value is -4.88. The normalized spacial score (nSPS) is 10.5. The lowest BCUT2D eigenvalue weighted by molar-refractivity contribution is 0.582. The summed E-state index contributed by atoms with van der Waals surface area (Å²) >= 11 is 0. The first-order valence-corrected chi connectivity index (χ1v) is 10.2. The van der Waals surface area contributed by atoms with Gasteiger partial charge in [-0.2, -0.15) is 15.5 Å². The first-order chi connectivity index (χ1) is 16.1. The van der Waals surface area contributed by atoms with Crippen LogP contribution in [-0.4, -0.2) is 9.97 Å². The number of allylic oxidation sites excluding steroid dienone is 1. The molecule has 0 radical (unpaired) electrons. The fourth-order valence-corrected chi connectivity index (χ4v) is 3.45. The average Bonchev–Trinajstić information content (AvgIpc) is 3.35. The SMILES string of the molecule is Cc1cc(C=CC#N)cc(C)c1Nc1nc(Nc2ccc(C#N)cc2)ncc1-c1ccco1. The zero-order chi connectivity index (χ0) is 23.2. The second-order valence-corrected chi connectivity index (χ2v) is 7.36. The van der Waals surface area contributed by atoms with Crippen molar-refractivity contribution in [2.24, 2.45) is 0 Å². The van der Waals surface area contributed by atoms with Crippen LogP contribution in [0.15, 0.2) is 71.5 Å². The summed E-state index contributed by atoms with van der Waals surface area (Å²) in [5, 5.41) is 24.4. The molecule has 0 aliphatic carbocycles. The third-order valence-corrected chi connectivity index (χ3v) is 4.99. The zero-order valence-corrected chi connectivity index (χ0v) is 18.1. The van der Waals surface area contributed by atoms with Gasteiger partial charge in [-0.1, -0.05) is 0 Å². The Labute approximate surface area is 191 Å². The number of benzene rings is 2. The topological polar surface area (TPSA) is 111 Å². The highest BCUT2D eigenvalue weighted by molar-refractivity contribution is 5.78. The van der Waals surface area contributed by atoms with Crippen LogP contribution in [0.25, 0.3) is 17.4 Å². The van der Waals surface area contributed by atoms with Crippen molar-refractivity contribution >= 4 is 29.2 Å². The van der Waals surface area contributed by atoms with Gasteiger partial charge in [-0.25, -0.2) is 4.98 Å². The van der Waals surface area contributed by atoms with Crippen molar-refractivity contribution in [2.75, 3.05) is 10.6 Å². The van der Waals surface area contributed by atoms with Crippen molar-refractivity contribution in [3.63, 3.8) is 0 Å². The molecule has 0 spiro atoms. The number of nitriles is 2. The smallest absolute Gasteiger partial charge is 0.229 e.